The maximum absolute atomic E-state index is 12.7. The highest BCUT2D eigenvalue weighted by Crippen LogP contribution is 2.14. The first-order valence-corrected chi connectivity index (χ1v) is 10.2. The van der Waals surface area contributed by atoms with Gasteiger partial charge in [-0.05, 0) is 55.2 Å². The Hall–Kier alpha value is -3.15. The molecule has 0 bridgehead atoms. The molecule has 6 heteroatoms. The van der Waals surface area contributed by atoms with Gasteiger partial charge in [0.2, 0.25) is 0 Å². The Morgan fingerprint density at radius 1 is 1.03 bits per heavy atom. The summed E-state index contributed by atoms with van der Waals surface area (Å²) >= 11 is 0. The van der Waals surface area contributed by atoms with E-state index in [4.69, 9.17) is 0 Å². The zero-order chi connectivity index (χ0) is 20.2. The van der Waals surface area contributed by atoms with Crippen molar-refractivity contribution in [3.8, 4) is 0 Å². The van der Waals surface area contributed by atoms with E-state index in [1.165, 1.54) is 12.8 Å². The fraction of sp³-hybridized carbons (Fsp3) is 0.348. The van der Waals surface area contributed by atoms with E-state index >= 15 is 0 Å². The second-order valence-corrected chi connectivity index (χ2v) is 7.68. The third kappa shape index (κ3) is 4.47. The zero-order valence-corrected chi connectivity index (χ0v) is 16.7. The molecule has 0 atom stereocenters. The first-order chi connectivity index (χ1) is 14.1. The summed E-state index contributed by atoms with van der Waals surface area (Å²) in [7, 11) is 0. The molecule has 1 aliphatic rings. The van der Waals surface area contributed by atoms with Crippen molar-refractivity contribution in [2.75, 3.05) is 13.1 Å². The number of hydrogen-bond donors (Lipinski definition) is 1. The van der Waals surface area contributed by atoms with Crippen LogP contribution in [0.4, 0.5) is 0 Å². The van der Waals surface area contributed by atoms with Gasteiger partial charge in [0.1, 0.15) is 11.3 Å². The lowest BCUT2D eigenvalue weighted by Crippen LogP contribution is -2.31. The third-order valence-corrected chi connectivity index (χ3v) is 5.40. The Labute approximate surface area is 170 Å². The van der Waals surface area contributed by atoms with Gasteiger partial charge in [-0.3, -0.25) is 9.59 Å². The Kier molecular flexibility index (Phi) is 5.60. The van der Waals surface area contributed by atoms with Crippen LogP contribution in [0, 0.1) is 6.92 Å². The minimum absolute atomic E-state index is 0.0995. The van der Waals surface area contributed by atoms with E-state index in [2.05, 4.69) is 10.3 Å². The van der Waals surface area contributed by atoms with Gasteiger partial charge in [0.15, 0.2) is 0 Å². The number of benzene rings is 1. The highest BCUT2D eigenvalue weighted by atomic mass is 16.2. The summed E-state index contributed by atoms with van der Waals surface area (Å²) in [6, 6.07) is 11.4. The lowest BCUT2D eigenvalue weighted by molar-refractivity contribution is 0.0761. The minimum Gasteiger partial charge on any atom is -0.347 e. The number of carbonyl (C=O) groups excluding carboxylic acids is 2. The number of amides is 2. The third-order valence-electron chi connectivity index (χ3n) is 5.40. The number of aromatic nitrogens is 2. The Bertz CT molecular complexity index is 1020. The van der Waals surface area contributed by atoms with Gasteiger partial charge in [0.25, 0.3) is 11.8 Å². The number of nitrogens with zero attached hydrogens (tertiary/aromatic N) is 3. The van der Waals surface area contributed by atoms with Crippen LogP contribution in [-0.4, -0.2) is 39.2 Å². The summed E-state index contributed by atoms with van der Waals surface area (Å²) in [4.78, 5) is 31.4. The number of pyridine rings is 1. The number of likely N-dealkylation sites (tertiary alicyclic amines) is 1. The van der Waals surface area contributed by atoms with E-state index in [1.54, 1.807) is 6.20 Å². The first kappa shape index (κ1) is 19.2. The van der Waals surface area contributed by atoms with E-state index in [-0.39, 0.29) is 11.8 Å². The molecule has 0 radical (unpaired) electrons. The predicted molar refractivity (Wildman–Crippen MR) is 112 cm³/mol. The molecule has 0 aliphatic carbocycles. The molecule has 3 aromatic rings. The number of fused-ring (bicyclic) bond motifs is 1. The van der Waals surface area contributed by atoms with Crippen LogP contribution < -0.4 is 5.32 Å². The summed E-state index contributed by atoms with van der Waals surface area (Å²) in [5, 5.41) is 2.90. The minimum atomic E-state index is -0.212. The van der Waals surface area contributed by atoms with Crippen molar-refractivity contribution in [3.05, 3.63) is 71.2 Å². The van der Waals surface area contributed by atoms with Crippen molar-refractivity contribution in [3.63, 3.8) is 0 Å². The normalized spacial score (nSPS) is 14.6. The summed E-state index contributed by atoms with van der Waals surface area (Å²) < 4.78 is 1.84. The van der Waals surface area contributed by atoms with Gasteiger partial charge in [0.05, 0.1) is 0 Å². The van der Waals surface area contributed by atoms with Gasteiger partial charge in [-0.25, -0.2) is 4.98 Å². The van der Waals surface area contributed by atoms with Gasteiger partial charge in [-0.15, -0.1) is 0 Å². The molecular weight excluding hydrogens is 364 g/mol. The van der Waals surface area contributed by atoms with Gasteiger partial charge in [-0.1, -0.05) is 25.0 Å². The van der Waals surface area contributed by atoms with Crippen molar-refractivity contribution in [1.82, 2.24) is 19.6 Å². The second kappa shape index (κ2) is 8.47. The molecule has 2 amide bonds. The largest absolute Gasteiger partial charge is 0.347 e. The van der Waals surface area contributed by atoms with Crippen LogP contribution in [0.15, 0.2) is 48.8 Å². The van der Waals surface area contributed by atoms with Crippen molar-refractivity contribution in [2.45, 2.75) is 39.2 Å². The van der Waals surface area contributed by atoms with Crippen LogP contribution in [0.1, 0.15) is 57.7 Å². The number of imidazole rings is 1. The van der Waals surface area contributed by atoms with Gasteiger partial charge in [-0.2, -0.15) is 0 Å². The van der Waals surface area contributed by atoms with E-state index in [9.17, 15) is 9.59 Å². The quantitative estimate of drug-likeness (QED) is 0.740. The van der Waals surface area contributed by atoms with Gasteiger partial charge < -0.3 is 14.6 Å². The van der Waals surface area contributed by atoms with Gasteiger partial charge in [0, 0.05) is 37.6 Å². The molecule has 150 valence electrons. The highest BCUT2D eigenvalue weighted by molar-refractivity contribution is 5.94. The van der Waals surface area contributed by atoms with Crippen LogP contribution in [0.3, 0.4) is 0 Å². The van der Waals surface area contributed by atoms with Crippen LogP contribution in [0.2, 0.25) is 0 Å². The molecule has 1 aromatic carbocycles. The summed E-state index contributed by atoms with van der Waals surface area (Å²) in [6.07, 6.45) is 8.20. The Morgan fingerprint density at radius 3 is 2.48 bits per heavy atom. The van der Waals surface area contributed by atoms with Crippen LogP contribution in [-0.2, 0) is 6.54 Å². The molecule has 1 aliphatic heterocycles. The molecule has 0 spiro atoms. The van der Waals surface area contributed by atoms with Crippen molar-refractivity contribution < 1.29 is 9.59 Å². The number of aryl methyl sites for hydroxylation is 1. The lowest BCUT2D eigenvalue weighted by Gasteiger charge is -2.20. The molecule has 1 saturated heterocycles. The second-order valence-electron chi connectivity index (χ2n) is 7.68. The Morgan fingerprint density at radius 2 is 1.76 bits per heavy atom. The first-order valence-electron chi connectivity index (χ1n) is 10.2. The van der Waals surface area contributed by atoms with Crippen molar-refractivity contribution in [2.24, 2.45) is 0 Å². The molecule has 6 nitrogen and oxygen atoms in total. The number of carbonyl (C=O) groups is 2. The van der Waals surface area contributed by atoms with E-state index < -0.39 is 0 Å². The molecule has 4 rings (SSSR count). The smallest absolute Gasteiger partial charge is 0.271 e. The standard InChI is InChI=1S/C23H26N4O2/c1-17-10-13-27-16-20(25-21(27)14-17)22(28)24-15-18-6-8-19(9-7-18)23(29)26-11-4-2-3-5-12-26/h6-10,13-14,16H,2-5,11-12,15H2,1H3,(H,24,28). The number of rotatable bonds is 4. The molecule has 1 fully saturated rings. The highest BCUT2D eigenvalue weighted by Gasteiger charge is 2.17. The predicted octanol–water partition coefficient (Wildman–Crippen LogP) is 3.59. The van der Waals surface area contributed by atoms with Crippen LogP contribution in [0.5, 0.6) is 0 Å². The molecular formula is C23H26N4O2. The maximum Gasteiger partial charge on any atom is 0.271 e. The summed E-state index contributed by atoms with van der Waals surface area (Å²) in [5.41, 5.74) is 3.91. The molecule has 29 heavy (non-hydrogen) atoms. The van der Waals surface area contributed by atoms with E-state index in [1.807, 2.05) is 58.8 Å². The zero-order valence-electron chi connectivity index (χ0n) is 16.7. The van der Waals surface area contributed by atoms with E-state index in [0.29, 0.717) is 17.8 Å². The fourth-order valence-corrected chi connectivity index (χ4v) is 3.69. The maximum atomic E-state index is 12.7. The average molecular weight is 390 g/mol. The summed E-state index contributed by atoms with van der Waals surface area (Å²) in [6.45, 7) is 4.07. The van der Waals surface area contributed by atoms with Crippen LogP contribution >= 0.6 is 0 Å². The lowest BCUT2D eigenvalue weighted by atomic mass is 10.1. The monoisotopic (exact) mass is 390 g/mol. The summed E-state index contributed by atoms with van der Waals surface area (Å²) in [5.74, 6) is -0.112. The molecule has 0 unspecified atom stereocenters. The van der Waals surface area contributed by atoms with Gasteiger partial charge >= 0.3 is 0 Å². The average Bonchev–Trinajstić information content (AvgIpc) is 2.96. The van der Waals surface area contributed by atoms with Crippen molar-refractivity contribution >= 4 is 17.5 Å². The topological polar surface area (TPSA) is 66.7 Å². The fourth-order valence-electron chi connectivity index (χ4n) is 3.69. The SMILES string of the molecule is Cc1ccn2cc(C(=O)NCc3ccc(C(=O)N4CCCCCC4)cc3)nc2c1. The van der Waals surface area contributed by atoms with E-state index in [0.717, 1.165) is 42.7 Å². The Balaban J connectivity index is 1.36. The van der Waals surface area contributed by atoms with Crippen molar-refractivity contribution in [1.29, 1.82) is 0 Å². The molecule has 1 N–H and O–H groups in total. The number of hydrogen-bond acceptors (Lipinski definition) is 3. The number of nitrogens with one attached hydrogen (secondary N) is 1. The molecule has 2 aromatic heterocycles. The molecule has 0 saturated carbocycles. The van der Waals surface area contributed by atoms with Crippen LogP contribution in [0.25, 0.3) is 5.65 Å². The molecule has 3 heterocycles.